The molecule has 0 saturated carbocycles. The fraction of sp³-hybridized carbons (Fsp3) is 0. The Balaban J connectivity index is 2.53. The summed E-state index contributed by atoms with van der Waals surface area (Å²) in [6.45, 7) is 0. The van der Waals surface area contributed by atoms with Crippen LogP contribution in [0.3, 0.4) is 0 Å². The first-order valence-electron chi connectivity index (χ1n) is 4.44. The first kappa shape index (κ1) is 10.2. The lowest BCUT2D eigenvalue weighted by molar-refractivity contribution is 0.259. The Labute approximate surface area is 90.0 Å². The molecular formula is C10H8FN3O2. The molecule has 16 heavy (non-hydrogen) atoms. The van der Waals surface area contributed by atoms with Crippen molar-refractivity contribution < 1.29 is 13.7 Å². The van der Waals surface area contributed by atoms with Crippen LogP contribution < -0.4 is 11.1 Å². The smallest absolute Gasteiger partial charge is 0.316 e. The lowest BCUT2D eigenvalue weighted by Crippen LogP contribution is -2.20. The molecule has 0 aliphatic rings. The standard InChI is InChI=1S/C10H8FN3O2/c11-6-2-1-3-7(13-10(12)15)9(6)8-4-5-16-14-8/h1-5H,(H3,12,13,15). The van der Waals surface area contributed by atoms with Crippen molar-refractivity contribution in [3.8, 4) is 11.3 Å². The average Bonchev–Trinajstić information content (AvgIpc) is 2.69. The van der Waals surface area contributed by atoms with Crippen LogP contribution in [0, 0.1) is 5.82 Å². The summed E-state index contributed by atoms with van der Waals surface area (Å²) < 4.78 is 18.2. The highest BCUT2D eigenvalue weighted by atomic mass is 19.1. The third kappa shape index (κ3) is 1.85. The monoisotopic (exact) mass is 221 g/mol. The van der Waals surface area contributed by atoms with Gasteiger partial charge in [-0.15, -0.1) is 0 Å². The SMILES string of the molecule is NC(=O)Nc1cccc(F)c1-c1ccon1. The third-order valence-electron chi connectivity index (χ3n) is 1.97. The molecule has 0 aliphatic carbocycles. The molecule has 2 rings (SSSR count). The van der Waals surface area contributed by atoms with E-state index in [-0.39, 0.29) is 11.3 Å². The minimum Gasteiger partial charge on any atom is -0.364 e. The molecule has 0 bridgehead atoms. The van der Waals surface area contributed by atoms with Crippen molar-refractivity contribution in [2.24, 2.45) is 5.73 Å². The number of nitrogens with one attached hydrogen (secondary N) is 1. The molecule has 0 aliphatic heterocycles. The molecule has 0 saturated heterocycles. The number of hydrogen-bond acceptors (Lipinski definition) is 3. The molecule has 0 fully saturated rings. The Hall–Kier alpha value is -2.37. The predicted octanol–water partition coefficient (Wildman–Crippen LogP) is 1.97. The maximum absolute atomic E-state index is 13.6. The Bertz CT molecular complexity index is 511. The Morgan fingerprint density at radius 1 is 1.44 bits per heavy atom. The Kier molecular flexibility index (Phi) is 2.55. The van der Waals surface area contributed by atoms with Crippen LogP contribution in [0.4, 0.5) is 14.9 Å². The number of anilines is 1. The largest absolute Gasteiger partial charge is 0.364 e. The second kappa shape index (κ2) is 4.01. The van der Waals surface area contributed by atoms with Crippen LogP contribution in [-0.2, 0) is 0 Å². The average molecular weight is 221 g/mol. The maximum Gasteiger partial charge on any atom is 0.316 e. The molecule has 1 aromatic heterocycles. The fourth-order valence-corrected chi connectivity index (χ4v) is 1.36. The van der Waals surface area contributed by atoms with E-state index >= 15 is 0 Å². The highest BCUT2D eigenvalue weighted by Crippen LogP contribution is 2.29. The van der Waals surface area contributed by atoms with Crippen LogP contribution in [0.25, 0.3) is 11.3 Å². The molecule has 0 unspecified atom stereocenters. The molecule has 0 spiro atoms. The molecule has 3 N–H and O–H groups in total. The number of nitrogens with two attached hydrogens (primary N) is 1. The van der Waals surface area contributed by atoms with E-state index in [1.54, 1.807) is 0 Å². The predicted molar refractivity (Wildman–Crippen MR) is 55.1 cm³/mol. The summed E-state index contributed by atoms with van der Waals surface area (Å²) in [6, 6.07) is 4.97. The lowest BCUT2D eigenvalue weighted by Gasteiger charge is -2.07. The van der Waals surface area contributed by atoms with Gasteiger partial charge in [0.25, 0.3) is 0 Å². The number of hydrogen-bond donors (Lipinski definition) is 2. The normalized spacial score (nSPS) is 10.1. The van der Waals surface area contributed by atoms with E-state index < -0.39 is 11.8 Å². The summed E-state index contributed by atoms with van der Waals surface area (Å²) in [6.07, 6.45) is 1.32. The van der Waals surface area contributed by atoms with E-state index in [1.165, 1.54) is 30.5 Å². The number of benzene rings is 1. The maximum atomic E-state index is 13.6. The van der Waals surface area contributed by atoms with Crippen molar-refractivity contribution in [1.82, 2.24) is 5.16 Å². The number of rotatable bonds is 2. The van der Waals surface area contributed by atoms with Gasteiger partial charge < -0.3 is 15.6 Å². The van der Waals surface area contributed by atoms with E-state index in [9.17, 15) is 9.18 Å². The summed E-state index contributed by atoms with van der Waals surface area (Å²) in [5.41, 5.74) is 5.67. The molecule has 1 heterocycles. The number of aromatic nitrogens is 1. The molecule has 2 aromatic rings. The number of carbonyl (C=O) groups excluding carboxylic acids is 1. The highest BCUT2D eigenvalue weighted by molar-refractivity contribution is 5.93. The molecule has 2 amide bonds. The van der Waals surface area contributed by atoms with Gasteiger partial charge in [0.15, 0.2) is 0 Å². The van der Waals surface area contributed by atoms with Gasteiger partial charge in [-0.3, -0.25) is 0 Å². The van der Waals surface area contributed by atoms with Crippen LogP contribution >= 0.6 is 0 Å². The molecule has 5 nitrogen and oxygen atoms in total. The van der Waals surface area contributed by atoms with Crippen molar-refractivity contribution >= 4 is 11.7 Å². The number of nitrogens with zero attached hydrogens (tertiary/aromatic N) is 1. The quantitative estimate of drug-likeness (QED) is 0.813. The van der Waals surface area contributed by atoms with Gasteiger partial charge in [0.1, 0.15) is 17.8 Å². The Morgan fingerprint density at radius 3 is 2.88 bits per heavy atom. The van der Waals surface area contributed by atoms with Gasteiger partial charge in [-0.2, -0.15) is 0 Å². The number of urea groups is 1. The first-order chi connectivity index (χ1) is 7.68. The van der Waals surface area contributed by atoms with Gasteiger partial charge in [-0.1, -0.05) is 11.2 Å². The summed E-state index contributed by atoms with van der Waals surface area (Å²) in [5, 5.41) is 5.93. The molecule has 1 aromatic carbocycles. The van der Waals surface area contributed by atoms with Crippen LogP contribution in [0.2, 0.25) is 0 Å². The summed E-state index contributed by atoms with van der Waals surface area (Å²) in [4.78, 5) is 10.7. The van der Waals surface area contributed by atoms with Crippen molar-refractivity contribution in [3.63, 3.8) is 0 Å². The summed E-state index contributed by atoms with van der Waals surface area (Å²) in [7, 11) is 0. The van der Waals surface area contributed by atoms with E-state index in [2.05, 4.69) is 15.0 Å². The van der Waals surface area contributed by atoms with Gasteiger partial charge in [0.2, 0.25) is 0 Å². The minimum absolute atomic E-state index is 0.148. The highest BCUT2D eigenvalue weighted by Gasteiger charge is 2.14. The number of primary amides is 1. The zero-order valence-corrected chi connectivity index (χ0v) is 8.11. The Morgan fingerprint density at radius 2 is 2.25 bits per heavy atom. The van der Waals surface area contributed by atoms with Gasteiger partial charge in [-0.05, 0) is 12.1 Å². The summed E-state index contributed by atoms with van der Waals surface area (Å²) >= 11 is 0. The third-order valence-corrected chi connectivity index (χ3v) is 1.97. The second-order valence-corrected chi connectivity index (χ2v) is 3.04. The zero-order chi connectivity index (χ0) is 11.5. The summed E-state index contributed by atoms with van der Waals surface area (Å²) in [5.74, 6) is -0.514. The van der Waals surface area contributed by atoms with E-state index in [1.807, 2.05) is 0 Å². The number of amides is 2. The van der Waals surface area contributed by atoms with Crippen molar-refractivity contribution in [1.29, 1.82) is 0 Å². The van der Waals surface area contributed by atoms with Crippen molar-refractivity contribution in [2.75, 3.05) is 5.32 Å². The lowest BCUT2D eigenvalue weighted by atomic mass is 10.1. The molecular weight excluding hydrogens is 213 g/mol. The van der Waals surface area contributed by atoms with Crippen LogP contribution in [0.1, 0.15) is 0 Å². The van der Waals surface area contributed by atoms with Crippen molar-refractivity contribution in [3.05, 3.63) is 36.3 Å². The number of carbonyl (C=O) groups is 1. The molecule has 0 radical (unpaired) electrons. The van der Waals surface area contributed by atoms with E-state index in [0.29, 0.717) is 5.69 Å². The van der Waals surface area contributed by atoms with Crippen molar-refractivity contribution in [2.45, 2.75) is 0 Å². The van der Waals surface area contributed by atoms with Crippen LogP contribution in [0.15, 0.2) is 35.1 Å². The first-order valence-corrected chi connectivity index (χ1v) is 4.44. The molecule has 6 heteroatoms. The zero-order valence-electron chi connectivity index (χ0n) is 8.11. The fourth-order valence-electron chi connectivity index (χ4n) is 1.36. The minimum atomic E-state index is -0.768. The second-order valence-electron chi connectivity index (χ2n) is 3.04. The topological polar surface area (TPSA) is 81.2 Å². The van der Waals surface area contributed by atoms with Crippen LogP contribution in [0.5, 0.6) is 0 Å². The molecule has 0 atom stereocenters. The van der Waals surface area contributed by atoms with Gasteiger partial charge in [-0.25, -0.2) is 9.18 Å². The van der Waals surface area contributed by atoms with E-state index in [4.69, 9.17) is 5.73 Å². The van der Waals surface area contributed by atoms with Gasteiger partial charge in [0, 0.05) is 6.07 Å². The van der Waals surface area contributed by atoms with Crippen LogP contribution in [-0.4, -0.2) is 11.2 Å². The van der Waals surface area contributed by atoms with Gasteiger partial charge in [0.05, 0.1) is 11.3 Å². The number of halogens is 1. The van der Waals surface area contributed by atoms with Gasteiger partial charge >= 0.3 is 6.03 Å². The molecule has 82 valence electrons. The van der Waals surface area contributed by atoms with E-state index in [0.717, 1.165) is 0 Å².